The molecule has 4 aromatic rings. The number of carbonyl (C=O) groups excluding carboxylic acids is 1. The number of hydrogen-bond acceptors (Lipinski definition) is 4. The van der Waals surface area contributed by atoms with Crippen molar-refractivity contribution in [1.82, 2.24) is 9.78 Å². The van der Waals surface area contributed by atoms with Crippen LogP contribution in [-0.2, 0) is 5.75 Å². The molecule has 2 aromatic heterocycles. The molecule has 0 saturated carbocycles. The summed E-state index contributed by atoms with van der Waals surface area (Å²) < 4.78 is 7.19. The number of hydrogen-bond donors (Lipinski definition) is 1. The zero-order valence-electron chi connectivity index (χ0n) is 14.4. The van der Waals surface area contributed by atoms with E-state index in [9.17, 15) is 4.79 Å². The molecule has 0 bridgehead atoms. The number of furan rings is 1. The molecule has 0 atom stereocenters. The van der Waals surface area contributed by atoms with Gasteiger partial charge in [-0.05, 0) is 48.5 Å². The van der Waals surface area contributed by atoms with Crippen LogP contribution in [0, 0.1) is 0 Å². The molecule has 0 spiro atoms. The molecule has 0 fully saturated rings. The van der Waals surface area contributed by atoms with Crippen molar-refractivity contribution in [3.63, 3.8) is 0 Å². The Labute approximate surface area is 161 Å². The van der Waals surface area contributed by atoms with Crippen LogP contribution in [-0.4, -0.2) is 15.7 Å². The normalized spacial score (nSPS) is 10.7. The molecule has 0 saturated heterocycles. The van der Waals surface area contributed by atoms with E-state index in [0.717, 1.165) is 16.1 Å². The Morgan fingerprint density at radius 1 is 1.04 bits per heavy atom. The molecular weight excluding hydrogens is 358 g/mol. The van der Waals surface area contributed by atoms with Gasteiger partial charge in [-0.25, -0.2) is 4.68 Å². The quantitative estimate of drug-likeness (QED) is 0.481. The zero-order chi connectivity index (χ0) is 18.5. The van der Waals surface area contributed by atoms with Crippen molar-refractivity contribution in [2.75, 3.05) is 5.32 Å². The van der Waals surface area contributed by atoms with Crippen molar-refractivity contribution < 1.29 is 9.21 Å². The molecule has 0 aliphatic rings. The summed E-state index contributed by atoms with van der Waals surface area (Å²) in [5.74, 6) is 0.756. The van der Waals surface area contributed by atoms with Crippen molar-refractivity contribution in [1.29, 1.82) is 0 Å². The maximum absolute atomic E-state index is 12.6. The van der Waals surface area contributed by atoms with E-state index >= 15 is 0 Å². The number of amides is 1. The highest BCUT2D eigenvalue weighted by Crippen LogP contribution is 2.25. The van der Waals surface area contributed by atoms with E-state index in [0.29, 0.717) is 17.2 Å². The van der Waals surface area contributed by atoms with E-state index in [-0.39, 0.29) is 5.91 Å². The van der Waals surface area contributed by atoms with Gasteiger partial charge in [-0.3, -0.25) is 4.79 Å². The second-order valence-electron chi connectivity index (χ2n) is 5.83. The van der Waals surface area contributed by atoms with Gasteiger partial charge >= 0.3 is 0 Å². The van der Waals surface area contributed by atoms with Crippen LogP contribution in [0.4, 0.5) is 5.69 Å². The molecule has 4 rings (SSSR count). The van der Waals surface area contributed by atoms with E-state index in [2.05, 4.69) is 10.4 Å². The number of carbonyl (C=O) groups is 1. The van der Waals surface area contributed by atoms with Crippen LogP contribution in [0.3, 0.4) is 0 Å². The first-order valence-corrected chi connectivity index (χ1v) is 9.44. The SMILES string of the molecule is O=C(Nc1ccc(-n2cccn2)cc1)c1occc1CSc1ccccc1. The highest BCUT2D eigenvalue weighted by molar-refractivity contribution is 7.98. The summed E-state index contributed by atoms with van der Waals surface area (Å²) in [7, 11) is 0. The molecule has 5 nitrogen and oxygen atoms in total. The highest BCUT2D eigenvalue weighted by Gasteiger charge is 2.16. The van der Waals surface area contributed by atoms with Crippen LogP contribution >= 0.6 is 11.8 Å². The van der Waals surface area contributed by atoms with E-state index < -0.39 is 0 Å². The third kappa shape index (κ3) is 4.12. The van der Waals surface area contributed by atoms with Crippen LogP contribution < -0.4 is 5.32 Å². The second kappa shape index (κ2) is 7.97. The Morgan fingerprint density at radius 3 is 2.59 bits per heavy atom. The van der Waals surface area contributed by atoms with Gasteiger partial charge in [0.25, 0.3) is 5.91 Å². The molecule has 0 aliphatic heterocycles. The van der Waals surface area contributed by atoms with Gasteiger partial charge in [0, 0.05) is 34.3 Å². The van der Waals surface area contributed by atoms with E-state index in [1.807, 2.05) is 72.9 Å². The molecule has 1 amide bonds. The smallest absolute Gasteiger partial charge is 0.291 e. The Hall–Kier alpha value is -3.25. The average Bonchev–Trinajstić information content (AvgIpc) is 3.40. The molecule has 0 aliphatic carbocycles. The predicted octanol–water partition coefficient (Wildman–Crippen LogP) is 5.01. The zero-order valence-corrected chi connectivity index (χ0v) is 15.2. The van der Waals surface area contributed by atoms with Crippen LogP contribution in [0.1, 0.15) is 16.1 Å². The molecule has 0 radical (unpaired) electrons. The molecule has 1 N–H and O–H groups in total. The summed E-state index contributed by atoms with van der Waals surface area (Å²) in [6, 6.07) is 21.3. The molecule has 2 aromatic carbocycles. The number of aromatic nitrogens is 2. The van der Waals surface area contributed by atoms with Gasteiger partial charge in [0.15, 0.2) is 5.76 Å². The van der Waals surface area contributed by atoms with E-state index in [1.165, 1.54) is 0 Å². The molecule has 134 valence electrons. The van der Waals surface area contributed by atoms with Crippen molar-refractivity contribution in [3.05, 3.63) is 96.7 Å². The first-order valence-electron chi connectivity index (χ1n) is 8.45. The summed E-state index contributed by atoms with van der Waals surface area (Å²) in [4.78, 5) is 13.7. The van der Waals surface area contributed by atoms with E-state index in [1.54, 1.807) is 28.9 Å². The number of anilines is 1. The van der Waals surface area contributed by atoms with Crippen LogP contribution in [0.25, 0.3) is 5.69 Å². The summed E-state index contributed by atoms with van der Waals surface area (Å²) in [6.45, 7) is 0. The van der Waals surface area contributed by atoms with Gasteiger partial charge in [-0.15, -0.1) is 11.8 Å². The monoisotopic (exact) mass is 375 g/mol. The Morgan fingerprint density at radius 2 is 1.85 bits per heavy atom. The average molecular weight is 375 g/mol. The fourth-order valence-corrected chi connectivity index (χ4v) is 3.53. The van der Waals surface area contributed by atoms with Crippen molar-refractivity contribution >= 4 is 23.4 Å². The third-order valence-corrected chi connectivity index (χ3v) is 5.05. The summed E-state index contributed by atoms with van der Waals surface area (Å²) in [5.41, 5.74) is 2.50. The topological polar surface area (TPSA) is 60.1 Å². The van der Waals surface area contributed by atoms with Crippen molar-refractivity contribution in [3.8, 4) is 5.69 Å². The van der Waals surface area contributed by atoms with Crippen LogP contribution in [0.5, 0.6) is 0 Å². The number of rotatable bonds is 6. The lowest BCUT2D eigenvalue weighted by molar-refractivity contribution is 0.0996. The standard InChI is InChI=1S/C21H17N3O2S/c25-21(23-17-7-9-18(10-8-17)24-13-4-12-22-24)20-16(11-14-26-20)15-27-19-5-2-1-3-6-19/h1-14H,15H2,(H,23,25). The van der Waals surface area contributed by atoms with Gasteiger partial charge in [0.05, 0.1) is 12.0 Å². The van der Waals surface area contributed by atoms with Crippen molar-refractivity contribution in [2.24, 2.45) is 0 Å². The number of nitrogens with zero attached hydrogens (tertiary/aromatic N) is 2. The first kappa shape index (κ1) is 17.2. The fourth-order valence-electron chi connectivity index (χ4n) is 2.63. The molecule has 27 heavy (non-hydrogen) atoms. The second-order valence-corrected chi connectivity index (χ2v) is 6.88. The highest BCUT2D eigenvalue weighted by atomic mass is 32.2. The van der Waals surface area contributed by atoms with Gasteiger partial charge < -0.3 is 9.73 Å². The third-order valence-electron chi connectivity index (χ3n) is 3.98. The van der Waals surface area contributed by atoms with Crippen LogP contribution in [0.2, 0.25) is 0 Å². The summed E-state index contributed by atoms with van der Waals surface area (Å²) >= 11 is 1.67. The molecule has 6 heteroatoms. The van der Waals surface area contributed by atoms with Gasteiger partial charge in [0.1, 0.15) is 0 Å². The summed E-state index contributed by atoms with van der Waals surface area (Å²) in [5, 5.41) is 7.07. The lowest BCUT2D eigenvalue weighted by Crippen LogP contribution is -2.12. The number of benzene rings is 2. The maximum atomic E-state index is 12.6. The largest absolute Gasteiger partial charge is 0.459 e. The van der Waals surface area contributed by atoms with Crippen molar-refractivity contribution in [2.45, 2.75) is 10.6 Å². The predicted molar refractivity (Wildman–Crippen MR) is 106 cm³/mol. The Balaban J connectivity index is 1.42. The van der Waals surface area contributed by atoms with Gasteiger partial charge in [0.2, 0.25) is 0 Å². The number of nitrogens with one attached hydrogen (secondary N) is 1. The lowest BCUT2D eigenvalue weighted by atomic mass is 10.2. The Bertz CT molecular complexity index is 1010. The minimum absolute atomic E-state index is 0.254. The van der Waals surface area contributed by atoms with Gasteiger partial charge in [-0.1, -0.05) is 18.2 Å². The first-order chi connectivity index (χ1) is 13.3. The van der Waals surface area contributed by atoms with Gasteiger partial charge in [-0.2, -0.15) is 5.10 Å². The molecular formula is C21H17N3O2S. The molecule has 2 heterocycles. The maximum Gasteiger partial charge on any atom is 0.291 e. The fraction of sp³-hybridized carbons (Fsp3) is 0.0476. The minimum Gasteiger partial charge on any atom is -0.459 e. The van der Waals surface area contributed by atoms with E-state index in [4.69, 9.17) is 4.42 Å². The Kier molecular flexibility index (Phi) is 5.07. The minimum atomic E-state index is -0.254. The lowest BCUT2D eigenvalue weighted by Gasteiger charge is -2.07. The number of thioether (sulfide) groups is 1. The summed E-state index contributed by atoms with van der Waals surface area (Å²) in [6.07, 6.45) is 5.14. The van der Waals surface area contributed by atoms with Crippen LogP contribution in [0.15, 0.2) is 94.7 Å². The molecule has 0 unspecified atom stereocenters.